The molecule has 2 atom stereocenters. The molecule has 2 N–H and O–H groups in total. The fourth-order valence-corrected chi connectivity index (χ4v) is 3.84. The fourth-order valence-electron chi connectivity index (χ4n) is 3.84. The second-order valence-electron chi connectivity index (χ2n) is 6.54. The third kappa shape index (κ3) is 2.30. The molecule has 0 saturated carbocycles. The van der Waals surface area contributed by atoms with Gasteiger partial charge in [-0.15, -0.1) is 0 Å². The lowest BCUT2D eigenvalue weighted by Gasteiger charge is -2.37. The molecule has 4 heterocycles. The summed E-state index contributed by atoms with van der Waals surface area (Å²) in [5, 5.41) is 17.6. The van der Waals surface area contributed by atoms with E-state index in [1.807, 2.05) is 35.2 Å². The number of ether oxygens (including phenoxy) is 1. The van der Waals surface area contributed by atoms with E-state index >= 15 is 0 Å². The van der Waals surface area contributed by atoms with Crippen LogP contribution in [0.15, 0.2) is 41.1 Å². The van der Waals surface area contributed by atoms with E-state index in [0.717, 1.165) is 17.1 Å². The van der Waals surface area contributed by atoms with Gasteiger partial charge in [0.15, 0.2) is 18.2 Å². The molecule has 0 aliphatic carbocycles. The van der Waals surface area contributed by atoms with Gasteiger partial charge in [0.05, 0.1) is 22.6 Å². The minimum Gasteiger partial charge on any atom is -0.488 e. The molecule has 3 aromatic rings. The van der Waals surface area contributed by atoms with Gasteiger partial charge in [0.25, 0.3) is 0 Å². The minimum atomic E-state index is -0.908. The fraction of sp³-hybridized carbons (Fsp3) is 0.263. The highest BCUT2D eigenvalue weighted by Gasteiger charge is 2.42. The number of aliphatic hydroxyl groups excluding tert-OH is 1. The Morgan fingerprint density at radius 2 is 2.22 bits per heavy atom. The van der Waals surface area contributed by atoms with Crippen molar-refractivity contribution in [2.45, 2.75) is 26.0 Å². The molecule has 2 aliphatic rings. The Hall–Kier alpha value is -3.13. The minimum absolute atomic E-state index is 0.164. The summed E-state index contributed by atoms with van der Waals surface area (Å²) in [5.74, 6) is 0.738. The van der Waals surface area contributed by atoms with Gasteiger partial charge in [-0.05, 0) is 31.2 Å². The first kappa shape index (κ1) is 16.1. The van der Waals surface area contributed by atoms with Crippen LogP contribution >= 0.6 is 0 Å². The summed E-state index contributed by atoms with van der Waals surface area (Å²) in [7, 11) is 0. The van der Waals surface area contributed by atoms with Crippen LogP contribution < -0.4 is 15.0 Å². The van der Waals surface area contributed by atoms with Gasteiger partial charge in [-0.1, -0.05) is 11.2 Å². The van der Waals surface area contributed by atoms with Crippen LogP contribution in [0.2, 0.25) is 0 Å². The summed E-state index contributed by atoms with van der Waals surface area (Å²) >= 11 is 0. The number of aromatic nitrogens is 2. The van der Waals surface area contributed by atoms with Gasteiger partial charge in [0, 0.05) is 11.8 Å². The molecule has 7 nitrogen and oxygen atoms in total. The molecule has 0 fully saturated rings. The van der Waals surface area contributed by atoms with Gasteiger partial charge in [-0.25, -0.2) is 4.39 Å². The molecule has 0 saturated heterocycles. The number of aliphatic hydroxyl groups is 1. The Balaban J connectivity index is 1.68. The van der Waals surface area contributed by atoms with Crippen LogP contribution in [0.4, 0.5) is 15.8 Å². The zero-order valence-corrected chi connectivity index (χ0v) is 14.5. The van der Waals surface area contributed by atoms with Crippen LogP contribution in [0, 0.1) is 6.92 Å². The average molecular weight is 368 g/mol. The normalized spacial score (nSPS) is 20.2. The number of alkyl halides is 1. The Morgan fingerprint density at radius 3 is 3.00 bits per heavy atom. The largest absolute Gasteiger partial charge is 0.488 e. The third-order valence-electron chi connectivity index (χ3n) is 5.01. The molecule has 138 valence electrons. The number of hydrogen-bond acceptors (Lipinski definition) is 7. The zero-order chi connectivity index (χ0) is 18.5. The molecular weight excluding hydrogens is 351 g/mol. The molecule has 0 bridgehead atoms. The first-order valence-electron chi connectivity index (χ1n) is 8.64. The van der Waals surface area contributed by atoms with Crippen LogP contribution in [-0.2, 0) is 6.67 Å². The van der Waals surface area contributed by atoms with Crippen LogP contribution in [0.3, 0.4) is 0 Å². The average Bonchev–Trinajstić information content (AvgIpc) is 3.24. The topological polar surface area (TPSA) is 83.7 Å². The molecule has 0 spiro atoms. The van der Waals surface area contributed by atoms with E-state index in [1.165, 1.54) is 0 Å². The van der Waals surface area contributed by atoms with E-state index in [1.54, 1.807) is 13.1 Å². The summed E-state index contributed by atoms with van der Waals surface area (Å²) < 4.78 is 24.6. The summed E-state index contributed by atoms with van der Waals surface area (Å²) in [5.41, 5.74) is 4.15. The Kier molecular flexibility index (Phi) is 3.54. The lowest BCUT2D eigenvalue weighted by Crippen LogP contribution is -2.43. The number of halogens is 1. The van der Waals surface area contributed by atoms with E-state index < -0.39 is 13.0 Å². The smallest absolute Gasteiger partial charge is 0.206 e. The van der Waals surface area contributed by atoms with Crippen molar-refractivity contribution in [2.24, 2.45) is 0 Å². The number of aryl methyl sites for hydroxylation is 1. The van der Waals surface area contributed by atoms with Crippen LogP contribution in [0.1, 0.15) is 23.2 Å². The van der Waals surface area contributed by atoms with Gasteiger partial charge < -0.3 is 24.6 Å². The highest BCUT2D eigenvalue weighted by molar-refractivity contribution is 5.91. The quantitative estimate of drug-likeness (QED) is 0.735. The van der Waals surface area contributed by atoms with Crippen molar-refractivity contribution in [1.82, 2.24) is 10.1 Å². The van der Waals surface area contributed by atoms with Crippen molar-refractivity contribution in [3.05, 3.63) is 53.7 Å². The maximum atomic E-state index is 13.4. The lowest BCUT2D eigenvalue weighted by molar-refractivity contribution is 0.163. The third-order valence-corrected chi connectivity index (χ3v) is 5.01. The summed E-state index contributed by atoms with van der Waals surface area (Å²) in [4.78, 5) is 6.25. The SMILES string of the molecule is Cc1noc(CF)c1-c1ccc2c3c1OCC(c1ccccn1)N3C(O)N2. The number of hydrogen-bond donors (Lipinski definition) is 2. The maximum absolute atomic E-state index is 13.4. The first-order valence-corrected chi connectivity index (χ1v) is 8.64. The number of pyridine rings is 1. The zero-order valence-electron chi connectivity index (χ0n) is 14.5. The van der Waals surface area contributed by atoms with Gasteiger partial charge in [0.1, 0.15) is 18.3 Å². The number of anilines is 2. The lowest BCUT2D eigenvalue weighted by atomic mass is 9.99. The Morgan fingerprint density at radius 1 is 1.33 bits per heavy atom. The van der Waals surface area contributed by atoms with Gasteiger partial charge in [0.2, 0.25) is 6.35 Å². The van der Waals surface area contributed by atoms with E-state index in [2.05, 4.69) is 15.5 Å². The van der Waals surface area contributed by atoms with Crippen molar-refractivity contribution < 1.29 is 18.8 Å². The molecular formula is C19H17FN4O3. The number of nitrogens with zero attached hydrogens (tertiary/aromatic N) is 3. The van der Waals surface area contributed by atoms with Crippen LogP contribution in [0.25, 0.3) is 11.1 Å². The second kappa shape index (κ2) is 5.95. The maximum Gasteiger partial charge on any atom is 0.206 e. The van der Waals surface area contributed by atoms with Gasteiger partial charge in [-0.3, -0.25) is 4.98 Å². The van der Waals surface area contributed by atoms with E-state index in [0.29, 0.717) is 29.2 Å². The second-order valence-corrected chi connectivity index (χ2v) is 6.54. The number of rotatable bonds is 3. The highest BCUT2D eigenvalue weighted by atomic mass is 19.1. The first-order chi connectivity index (χ1) is 13.2. The van der Waals surface area contributed by atoms with E-state index in [4.69, 9.17) is 9.26 Å². The Labute approximate surface area is 154 Å². The molecule has 2 unspecified atom stereocenters. The van der Waals surface area contributed by atoms with E-state index in [-0.39, 0.29) is 11.8 Å². The molecule has 5 rings (SSSR count). The monoisotopic (exact) mass is 368 g/mol. The van der Waals surface area contributed by atoms with Crippen LogP contribution in [-0.4, -0.2) is 28.2 Å². The molecule has 2 aliphatic heterocycles. The van der Waals surface area contributed by atoms with E-state index in [9.17, 15) is 9.50 Å². The predicted octanol–water partition coefficient (Wildman–Crippen LogP) is 3.16. The molecule has 8 heteroatoms. The van der Waals surface area contributed by atoms with Crippen molar-refractivity contribution >= 4 is 11.4 Å². The summed E-state index contributed by atoms with van der Waals surface area (Å²) in [6.07, 6.45) is 0.806. The van der Waals surface area contributed by atoms with Crippen molar-refractivity contribution in [3.8, 4) is 16.9 Å². The summed E-state index contributed by atoms with van der Waals surface area (Å²) in [6.45, 7) is 1.31. The molecule has 27 heavy (non-hydrogen) atoms. The van der Waals surface area contributed by atoms with Gasteiger partial charge in [-0.2, -0.15) is 0 Å². The number of nitrogens with one attached hydrogen (secondary N) is 1. The number of benzene rings is 1. The molecule has 1 aromatic carbocycles. The van der Waals surface area contributed by atoms with Crippen molar-refractivity contribution in [2.75, 3.05) is 16.8 Å². The van der Waals surface area contributed by atoms with Crippen LogP contribution in [0.5, 0.6) is 5.75 Å². The van der Waals surface area contributed by atoms with Crippen molar-refractivity contribution in [1.29, 1.82) is 0 Å². The molecule has 0 radical (unpaired) electrons. The summed E-state index contributed by atoms with van der Waals surface area (Å²) in [6, 6.07) is 9.07. The molecule has 0 amide bonds. The standard InChI is InChI=1S/C19H17FN4O3/c1-10-16(15(8-20)27-23-10)11-5-6-13-17-18(11)26-9-14(24(17)19(25)22-13)12-4-2-3-7-21-12/h2-7,14,19,22,25H,8-9H2,1H3. The predicted molar refractivity (Wildman–Crippen MR) is 96.1 cm³/mol. The highest BCUT2D eigenvalue weighted by Crippen LogP contribution is 2.53. The Bertz CT molecular complexity index is 1010. The van der Waals surface area contributed by atoms with Crippen molar-refractivity contribution in [3.63, 3.8) is 0 Å². The van der Waals surface area contributed by atoms with Gasteiger partial charge >= 0.3 is 0 Å². The molecule has 2 aromatic heterocycles.